The van der Waals surface area contributed by atoms with Crippen molar-refractivity contribution in [3.8, 4) is 0 Å². The van der Waals surface area contributed by atoms with Gasteiger partial charge in [-0.25, -0.2) is 14.8 Å². The Kier molecular flexibility index (Phi) is 2.58. The van der Waals surface area contributed by atoms with Gasteiger partial charge in [0.25, 0.3) is 0 Å². The fourth-order valence-corrected chi connectivity index (χ4v) is 2.46. The second kappa shape index (κ2) is 4.25. The molecule has 0 aliphatic carbocycles. The topological polar surface area (TPSA) is 83.9 Å². The summed E-state index contributed by atoms with van der Waals surface area (Å²) >= 11 is 0. The molecule has 0 radical (unpaired) electrons. The molecule has 1 amide bonds. The van der Waals surface area contributed by atoms with Crippen molar-refractivity contribution >= 4 is 17.6 Å². The quantitative estimate of drug-likeness (QED) is 0.752. The first kappa shape index (κ1) is 10.9. The van der Waals surface area contributed by atoms with E-state index in [1.54, 1.807) is 15.7 Å². The lowest BCUT2D eigenvalue weighted by atomic mass is 10.1. The lowest BCUT2D eigenvalue weighted by Gasteiger charge is -2.29. The van der Waals surface area contributed by atoms with Gasteiger partial charge in [-0.15, -0.1) is 0 Å². The summed E-state index contributed by atoms with van der Waals surface area (Å²) in [4.78, 5) is 35.1. The van der Waals surface area contributed by atoms with Crippen molar-refractivity contribution < 1.29 is 4.79 Å². The molecule has 2 aromatic heterocycles. The SMILES string of the molecule is O=CN1CCC(n2c(=O)[nH]c3cncnc32)CC1. The fraction of sp³-hybridized carbons (Fsp3) is 0.455. The van der Waals surface area contributed by atoms with Crippen LogP contribution in [0.25, 0.3) is 11.2 Å². The zero-order chi connectivity index (χ0) is 12.5. The number of piperidine rings is 1. The van der Waals surface area contributed by atoms with Crippen LogP contribution in [0, 0.1) is 0 Å². The molecular formula is C11H13N5O2. The molecule has 0 atom stereocenters. The Bertz CT molecular complexity index is 624. The number of carbonyl (C=O) groups excluding carboxylic acids is 1. The minimum absolute atomic E-state index is 0.0948. The number of hydrogen-bond donors (Lipinski definition) is 1. The van der Waals surface area contributed by atoms with E-state index in [0.717, 1.165) is 19.3 Å². The average Bonchev–Trinajstić information content (AvgIpc) is 2.75. The number of nitrogens with zero attached hydrogens (tertiary/aromatic N) is 4. The largest absolute Gasteiger partial charge is 0.345 e. The number of aromatic amines is 1. The first-order valence-corrected chi connectivity index (χ1v) is 5.89. The summed E-state index contributed by atoms with van der Waals surface area (Å²) < 4.78 is 1.68. The molecule has 0 bridgehead atoms. The van der Waals surface area contributed by atoms with Gasteiger partial charge in [0, 0.05) is 19.1 Å². The van der Waals surface area contributed by atoms with Gasteiger partial charge in [-0.1, -0.05) is 0 Å². The summed E-state index contributed by atoms with van der Waals surface area (Å²) in [5, 5.41) is 0. The highest BCUT2D eigenvalue weighted by atomic mass is 16.1. The van der Waals surface area contributed by atoms with Gasteiger partial charge >= 0.3 is 5.69 Å². The Labute approximate surface area is 102 Å². The second-order valence-electron chi connectivity index (χ2n) is 4.43. The van der Waals surface area contributed by atoms with Crippen LogP contribution in [-0.2, 0) is 4.79 Å². The first-order chi connectivity index (χ1) is 8.79. The van der Waals surface area contributed by atoms with Gasteiger partial charge in [-0.05, 0) is 12.8 Å². The number of aromatic nitrogens is 4. The molecule has 1 fully saturated rings. The van der Waals surface area contributed by atoms with Crippen molar-refractivity contribution in [2.75, 3.05) is 13.1 Å². The predicted octanol–water partition coefficient (Wildman–Crippen LogP) is -0.0871. The van der Waals surface area contributed by atoms with E-state index >= 15 is 0 Å². The average molecular weight is 247 g/mol. The van der Waals surface area contributed by atoms with Crippen molar-refractivity contribution in [1.29, 1.82) is 0 Å². The molecule has 94 valence electrons. The number of amides is 1. The Hall–Kier alpha value is -2.18. The van der Waals surface area contributed by atoms with Gasteiger partial charge in [-0.3, -0.25) is 9.36 Å². The van der Waals surface area contributed by atoms with Gasteiger partial charge in [0.2, 0.25) is 6.41 Å². The third-order valence-electron chi connectivity index (χ3n) is 3.39. The molecule has 1 saturated heterocycles. The standard InChI is InChI=1S/C11H13N5O2/c17-7-15-3-1-8(2-4-15)16-10-9(14-11(16)18)5-12-6-13-10/h5-8H,1-4H2,(H,14,18). The van der Waals surface area contributed by atoms with Gasteiger partial charge in [0.05, 0.1) is 6.20 Å². The van der Waals surface area contributed by atoms with Crippen LogP contribution in [0.1, 0.15) is 18.9 Å². The minimum Gasteiger partial charge on any atom is -0.345 e. The van der Waals surface area contributed by atoms with Crippen molar-refractivity contribution in [2.45, 2.75) is 18.9 Å². The van der Waals surface area contributed by atoms with Crippen LogP contribution in [-0.4, -0.2) is 43.9 Å². The maximum Gasteiger partial charge on any atom is 0.327 e. The number of hydrogen-bond acceptors (Lipinski definition) is 4. The van der Waals surface area contributed by atoms with Crippen LogP contribution in [0.2, 0.25) is 0 Å². The van der Waals surface area contributed by atoms with Crippen LogP contribution in [0.4, 0.5) is 0 Å². The maximum absolute atomic E-state index is 11.9. The van der Waals surface area contributed by atoms with Gasteiger partial charge in [0.15, 0.2) is 5.65 Å². The van der Waals surface area contributed by atoms with E-state index < -0.39 is 0 Å². The molecular weight excluding hydrogens is 234 g/mol. The van der Waals surface area contributed by atoms with E-state index in [9.17, 15) is 9.59 Å². The summed E-state index contributed by atoms with van der Waals surface area (Å²) in [6.45, 7) is 1.36. The third-order valence-corrected chi connectivity index (χ3v) is 3.39. The highest BCUT2D eigenvalue weighted by Crippen LogP contribution is 2.22. The summed E-state index contributed by atoms with van der Waals surface area (Å²) in [5.74, 6) is 0. The number of H-pyrrole nitrogens is 1. The molecule has 3 rings (SSSR count). The number of imidazole rings is 1. The highest BCUT2D eigenvalue weighted by molar-refractivity contribution is 5.69. The molecule has 0 unspecified atom stereocenters. The van der Waals surface area contributed by atoms with Crippen molar-refractivity contribution in [3.05, 3.63) is 23.0 Å². The summed E-state index contributed by atoms with van der Waals surface area (Å²) in [6, 6.07) is 0.0948. The van der Waals surface area contributed by atoms with E-state index in [1.807, 2.05) is 0 Å². The van der Waals surface area contributed by atoms with Crippen LogP contribution in [0.15, 0.2) is 17.3 Å². The lowest BCUT2D eigenvalue weighted by Crippen LogP contribution is -2.36. The Balaban J connectivity index is 1.97. The molecule has 18 heavy (non-hydrogen) atoms. The fourth-order valence-electron chi connectivity index (χ4n) is 2.46. The summed E-state index contributed by atoms with van der Waals surface area (Å²) in [5.41, 5.74) is 1.13. The van der Waals surface area contributed by atoms with Gasteiger partial charge in [-0.2, -0.15) is 0 Å². The highest BCUT2D eigenvalue weighted by Gasteiger charge is 2.23. The van der Waals surface area contributed by atoms with E-state index in [-0.39, 0.29) is 11.7 Å². The Morgan fingerprint density at radius 3 is 2.89 bits per heavy atom. The van der Waals surface area contributed by atoms with Gasteiger partial charge in [0.1, 0.15) is 11.8 Å². The van der Waals surface area contributed by atoms with Crippen molar-refractivity contribution in [3.63, 3.8) is 0 Å². The maximum atomic E-state index is 11.9. The normalized spacial score (nSPS) is 17.2. The third kappa shape index (κ3) is 1.68. The number of carbonyl (C=O) groups is 1. The molecule has 3 heterocycles. The molecule has 1 N–H and O–H groups in total. The lowest BCUT2D eigenvalue weighted by molar-refractivity contribution is -0.119. The zero-order valence-electron chi connectivity index (χ0n) is 9.74. The summed E-state index contributed by atoms with van der Waals surface area (Å²) in [7, 11) is 0. The van der Waals surface area contributed by atoms with Crippen LogP contribution >= 0.6 is 0 Å². The molecule has 0 aromatic carbocycles. The van der Waals surface area contributed by atoms with E-state index in [2.05, 4.69) is 15.0 Å². The molecule has 7 nitrogen and oxygen atoms in total. The monoisotopic (exact) mass is 247 g/mol. The smallest absolute Gasteiger partial charge is 0.327 e. The second-order valence-corrected chi connectivity index (χ2v) is 4.43. The minimum atomic E-state index is -0.157. The Morgan fingerprint density at radius 2 is 2.17 bits per heavy atom. The van der Waals surface area contributed by atoms with E-state index in [4.69, 9.17) is 0 Å². The molecule has 1 aliphatic heterocycles. The molecule has 0 saturated carbocycles. The molecule has 7 heteroatoms. The number of fused-ring (bicyclic) bond motifs is 1. The van der Waals surface area contributed by atoms with Gasteiger partial charge < -0.3 is 9.88 Å². The van der Waals surface area contributed by atoms with Crippen molar-refractivity contribution in [2.24, 2.45) is 0 Å². The number of rotatable bonds is 2. The summed E-state index contributed by atoms with van der Waals surface area (Å²) in [6.07, 6.45) is 5.44. The van der Waals surface area contributed by atoms with Crippen LogP contribution in [0.3, 0.4) is 0 Å². The molecule has 0 spiro atoms. The van der Waals surface area contributed by atoms with E-state index in [1.165, 1.54) is 6.33 Å². The van der Waals surface area contributed by atoms with Crippen LogP contribution < -0.4 is 5.69 Å². The Morgan fingerprint density at radius 1 is 1.39 bits per heavy atom. The number of likely N-dealkylation sites (tertiary alicyclic amines) is 1. The predicted molar refractivity (Wildman–Crippen MR) is 64.1 cm³/mol. The van der Waals surface area contributed by atoms with E-state index in [0.29, 0.717) is 24.3 Å². The zero-order valence-corrected chi connectivity index (χ0v) is 9.74. The number of nitrogens with one attached hydrogen (secondary N) is 1. The van der Waals surface area contributed by atoms with Crippen molar-refractivity contribution in [1.82, 2.24) is 24.4 Å². The molecule has 2 aromatic rings. The first-order valence-electron chi connectivity index (χ1n) is 5.89. The van der Waals surface area contributed by atoms with Crippen LogP contribution in [0.5, 0.6) is 0 Å². The molecule has 1 aliphatic rings.